The summed E-state index contributed by atoms with van der Waals surface area (Å²) in [7, 11) is 0. The summed E-state index contributed by atoms with van der Waals surface area (Å²) in [4.78, 5) is 40.0. The van der Waals surface area contributed by atoms with E-state index in [1.54, 1.807) is 4.90 Å². The molecule has 7 rings (SSSR count). The number of fused-ring (bicyclic) bond motifs is 4. The highest BCUT2D eigenvalue weighted by Gasteiger charge is 2.23. The molecule has 0 aromatic heterocycles. The van der Waals surface area contributed by atoms with Crippen LogP contribution in [0.2, 0.25) is 0 Å². The van der Waals surface area contributed by atoms with Gasteiger partial charge in [0, 0.05) is 65.7 Å². The maximum absolute atomic E-state index is 15.5. The van der Waals surface area contributed by atoms with E-state index < -0.39 is 17.1 Å². The number of halogens is 2. The number of aryl methyl sites for hydroxylation is 1. The molecule has 2 amide bonds. The Balaban J connectivity index is 1.02. The Bertz CT molecular complexity index is 2390. The smallest absolute Gasteiger partial charge is 0.227 e. The predicted molar refractivity (Wildman–Crippen MR) is 190 cm³/mol. The second-order valence-corrected chi connectivity index (χ2v) is 12.1. The number of carbonyl (C=O) groups is 2. The summed E-state index contributed by atoms with van der Waals surface area (Å²) in [6.07, 6.45) is -0.0265. The normalized spacial score (nSPS) is 11.9. The second-order valence-electron chi connectivity index (χ2n) is 12.1. The lowest BCUT2D eigenvalue weighted by molar-refractivity contribution is -0.125. The molecule has 50 heavy (non-hydrogen) atoms. The zero-order valence-electron chi connectivity index (χ0n) is 27.1. The van der Waals surface area contributed by atoms with Crippen molar-refractivity contribution in [1.29, 1.82) is 0 Å². The maximum Gasteiger partial charge on any atom is 0.227 e. The van der Waals surface area contributed by atoms with Crippen molar-refractivity contribution in [3.63, 3.8) is 0 Å². The number of hydrogen-bond acceptors (Lipinski definition) is 5. The van der Waals surface area contributed by atoms with E-state index in [0.717, 1.165) is 39.9 Å². The Morgan fingerprint density at radius 1 is 0.820 bits per heavy atom. The number of benzene rings is 5. The van der Waals surface area contributed by atoms with Crippen LogP contribution in [-0.2, 0) is 16.1 Å². The first-order valence-corrected chi connectivity index (χ1v) is 16.2. The van der Waals surface area contributed by atoms with Crippen molar-refractivity contribution >= 4 is 34.2 Å². The number of rotatable bonds is 8. The molecule has 2 aliphatic heterocycles. The summed E-state index contributed by atoms with van der Waals surface area (Å²) < 4.78 is 35.9. The molecular weight excluding hydrogens is 636 g/mol. The van der Waals surface area contributed by atoms with Crippen molar-refractivity contribution < 1.29 is 22.8 Å². The zero-order chi connectivity index (χ0) is 34.8. The molecule has 0 radical (unpaired) electrons. The molecular formula is C41H31F2N3O4. The average molecular weight is 668 g/mol. The molecule has 4 aromatic rings. The summed E-state index contributed by atoms with van der Waals surface area (Å²) >= 11 is 0. The molecule has 0 bridgehead atoms. The summed E-state index contributed by atoms with van der Waals surface area (Å²) in [6, 6.07) is 27.7. The summed E-state index contributed by atoms with van der Waals surface area (Å²) in [5, 5.41) is 6.20. The molecule has 0 fully saturated rings. The first kappa shape index (κ1) is 32.3. The van der Waals surface area contributed by atoms with Gasteiger partial charge in [0.1, 0.15) is 17.2 Å². The van der Waals surface area contributed by atoms with Crippen LogP contribution in [0.3, 0.4) is 0 Å². The highest BCUT2D eigenvalue weighted by atomic mass is 19.1. The van der Waals surface area contributed by atoms with Crippen molar-refractivity contribution in [1.82, 2.24) is 5.32 Å². The highest BCUT2D eigenvalue weighted by Crippen LogP contribution is 2.42. The molecule has 0 saturated heterocycles. The van der Waals surface area contributed by atoms with Crippen LogP contribution in [0, 0.1) is 30.4 Å². The number of nitrogens with one attached hydrogen (secondary N) is 2. The molecule has 0 atom stereocenters. The first-order valence-electron chi connectivity index (χ1n) is 16.2. The van der Waals surface area contributed by atoms with Gasteiger partial charge in [-0.25, -0.2) is 8.78 Å². The van der Waals surface area contributed by atoms with E-state index in [1.165, 1.54) is 12.1 Å². The Labute approximate surface area is 286 Å². The van der Waals surface area contributed by atoms with Crippen LogP contribution >= 0.6 is 0 Å². The topological polar surface area (TPSA) is 91.6 Å². The van der Waals surface area contributed by atoms with Gasteiger partial charge in [-0.15, -0.1) is 0 Å². The van der Waals surface area contributed by atoms with Crippen LogP contribution < -0.4 is 21.0 Å². The van der Waals surface area contributed by atoms with Gasteiger partial charge in [-0.05, 0) is 53.9 Å². The largest absolute Gasteiger partial charge is 0.456 e. The fourth-order valence-electron chi connectivity index (χ4n) is 6.24. The molecule has 3 aliphatic rings. The van der Waals surface area contributed by atoms with E-state index >= 15 is 4.39 Å². The highest BCUT2D eigenvalue weighted by molar-refractivity contribution is 6.03. The Kier molecular flexibility index (Phi) is 8.84. The van der Waals surface area contributed by atoms with Crippen molar-refractivity contribution in [3.05, 3.63) is 141 Å². The van der Waals surface area contributed by atoms with Crippen LogP contribution in [0.15, 0.2) is 106 Å². The van der Waals surface area contributed by atoms with Crippen LogP contribution in [0.5, 0.6) is 0 Å². The molecule has 7 nitrogen and oxygen atoms in total. The van der Waals surface area contributed by atoms with E-state index in [-0.39, 0.29) is 49.2 Å². The van der Waals surface area contributed by atoms with E-state index in [2.05, 4.69) is 22.5 Å². The fourth-order valence-corrected chi connectivity index (χ4v) is 6.24. The van der Waals surface area contributed by atoms with Gasteiger partial charge >= 0.3 is 0 Å². The van der Waals surface area contributed by atoms with Gasteiger partial charge in [0.05, 0.1) is 17.9 Å². The minimum absolute atomic E-state index is 0.00382. The van der Waals surface area contributed by atoms with E-state index in [4.69, 9.17) is 4.42 Å². The van der Waals surface area contributed by atoms with Gasteiger partial charge in [-0.2, -0.15) is 0 Å². The number of nitrogens with zero attached hydrogens (tertiary/aromatic N) is 1. The van der Waals surface area contributed by atoms with Gasteiger partial charge in [-0.3, -0.25) is 14.4 Å². The van der Waals surface area contributed by atoms with Crippen molar-refractivity contribution in [2.75, 3.05) is 23.3 Å². The lowest BCUT2D eigenvalue weighted by Crippen LogP contribution is -2.34. The SMILES string of the molecule is Cc1ccccc1-c1c2cc(F)c(=O)cc-2oc2cc(NCCNC(=O)CCC(=O)N3Cc4ccccc4C#Cc4ccccc43)c(F)cc12. The second kappa shape index (κ2) is 13.7. The van der Waals surface area contributed by atoms with Gasteiger partial charge in [0.2, 0.25) is 17.2 Å². The van der Waals surface area contributed by atoms with Crippen LogP contribution in [0.25, 0.3) is 33.4 Å². The summed E-state index contributed by atoms with van der Waals surface area (Å²) in [6.45, 7) is 2.59. The molecule has 9 heteroatoms. The third kappa shape index (κ3) is 6.43. The standard InChI is InChI=1S/C41H31F2N3O4/c1-25-8-2-6-12-29(25)41-30-20-32(42)34(22-37(30)50-38-23-36(47)33(43)21-31(38)41)44-18-19-45-39(48)16-17-40(49)46-24-28-11-4-3-9-26(28)14-15-27-10-5-7-13-35(27)46/h2-13,20-23,44H,16-19,24H2,1H3,(H,45,48). The number of anilines is 2. The molecule has 2 heterocycles. The van der Waals surface area contributed by atoms with Crippen LogP contribution in [0.1, 0.15) is 35.1 Å². The monoisotopic (exact) mass is 667 g/mol. The van der Waals surface area contributed by atoms with E-state index in [9.17, 15) is 18.8 Å². The van der Waals surface area contributed by atoms with E-state index in [1.807, 2.05) is 79.7 Å². The minimum Gasteiger partial charge on any atom is -0.456 e. The average Bonchev–Trinajstić information content (AvgIpc) is 3.10. The Morgan fingerprint density at radius 3 is 2.40 bits per heavy atom. The Morgan fingerprint density at radius 2 is 1.56 bits per heavy atom. The number of para-hydroxylation sites is 1. The van der Waals surface area contributed by atoms with Crippen molar-refractivity contribution in [2.45, 2.75) is 26.3 Å². The maximum atomic E-state index is 15.5. The minimum atomic E-state index is -0.921. The zero-order valence-corrected chi connectivity index (χ0v) is 27.1. The van der Waals surface area contributed by atoms with Gasteiger partial charge in [0.25, 0.3) is 0 Å². The van der Waals surface area contributed by atoms with Crippen molar-refractivity contribution in [3.8, 4) is 34.3 Å². The first-order chi connectivity index (χ1) is 24.3. The predicted octanol–water partition coefficient (Wildman–Crippen LogP) is 7.41. The lowest BCUT2D eigenvalue weighted by Gasteiger charge is -2.26. The molecule has 2 N–H and O–H groups in total. The molecule has 248 valence electrons. The number of carbonyl (C=O) groups excluding carboxylic acids is 2. The molecule has 0 unspecified atom stereocenters. The van der Waals surface area contributed by atoms with Crippen LogP contribution in [0.4, 0.5) is 20.2 Å². The van der Waals surface area contributed by atoms with Crippen LogP contribution in [-0.4, -0.2) is 24.9 Å². The number of amides is 2. The van der Waals surface area contributed by atoms with E-state index in [0.29, 0.717) is 34.3 Å². The number of hydrogen-bond donors (Lipinski definition) is 2. The third-order valence-electron chi connectivity index (χ3n) is 8.78. The molecule has 4 aromatic carbocycles. The Hall–Kier alpha value is -6.27. The molecule has 0 saturated carbocycles. The van der Waals surface area contributed by atoms with Crippen molar-refractivity contribution in [2.24, 2.45) is 0 Å². The molecule has 0 spiro atoms. The molecule has 1 aliphatic carbocycles. The lowest BCUT2D eigenvalue weighted by atomic mass is 9.91. The third-order valence-corrected chi connectivity index (χ3v) is 8.78. The summed E-state index contributed by atoms with van der Waals surface area (Å²) in [5.74, 6) is 4.54. The van der Waals surface area contributed by atoms with Gasteiger partial charge in [0.15, 0.2) is 5.82 Å². The quantitative estimate of drug-likeness (QED) is 0.100. The van der Waals surface area contributed by atoms with Gasteiger partial charge < -0.3 is 20.0 Å². The van der Waals surface area contributed by atoms with Gasteiger partial charge in [-0.1, -0.05) is 66.4 Å². The summed E-state index contributed by atoms with van der Waals surface area (Å²) in [5.41, 5.74) is 5.41. The fraction of sp³-hybridized carbons (Fsp3) is 0.146.